The number of aromatic nitrogens is 1. The lowest BCUT2D eigenvalue weighted by Crippen LogP contribution is -2.46. The minimum atomic E-state index is -3.87. The molecule has 28 heavy (non-hydrogen) atoms. The first-order chi connectivity index (χ1) is 13.4. The van der Waals surface area contributed by atoms with Gasteiger partial charge in [-0.25, -0.2) is 8.42 Å². The van der Waals surface area contributed by atoms with Gasteiger partial charge in [0.25, 0.3) is 11.8 Å². The molecule has 2 aromatic carbocycles. The van der Waals surface area contributed by atoms with E-state index in [9.17, 15) is 18.0 Å². The summed E-state index contributed by atoms with van der Waals surface area (Å²) in [4.78, 5) is 27.8. The number of rotatable bonds is 5. The summed E-state index contributed by atoms with van der Waals surface area (Å²) in [5, 5.41) is 1.70. The van der Waals surface area contributed by atoms with Gasteiger partial charge < -0.3 is 0 Å². The fraction of sp³-hybridized carbons (Fsp3) is 0.105. The summed E-state index contributed by atoms with van der Waals surface area (Å²) in [5.74, 6) is -1.29. The van der Waals surface area contributed by atoms with Crippen LogP contribution in [-0.4, -0.2) is 43.1 Å². The van der Waals surface area contributed by atoms with Crippen molar-refractivity contribution in [1.29, 1.82) is 0 Å². The Morgan fingerprint density at radius 3 is 2.39 bits per heavy atom. The molecule has 2 amide bonds. The lowest BCUT2D eigenvalue weighted by atomic mass is 10.1. The standard InChI is InChI=1S/C19H18N4O4S/c1-23(13-18(24)21-22-19(25)17-8-4-5-11-20-17)28(26,27)16-10-9-14-6-2-3-7-15(14)12-16/h2-12H,13H2,1H3,(H,21,24)(H,22,25). The minimum Gasteiger partial charge on any atom is -0.272 e. The van der Waals surface area contributed by atoms with Crippen LogP contribution in [0.15, 0.2) is 71.8 Å². The summed E-state index contributed by atoms with van der Waals surface area (Å²) in [6.45, 7) is -0.461. The van der Waals surface area contributed by atoms with Gasteiger partial charge in [0.15, 0.2) is 0 Å². The van der Waals surface area contributed by atoms with E-state index in [0.29, 0.717) is 0 Å². The van der Waals surface area contributed by atoms with Gasteiger partial charge in [-0.2, -0.15) is 4.31 Å². The van der Waals surface area contributed by atoms with Gasteiger partial charge >= 0.3 is 0 Å². The van der Waals surface area contributed by atoms with E-state index in [1.165, 1.54) is 25.4 Å². The molecule has 0 atom stereocenters. The van der Waals surface area contributed by atoms with Crippen LogP contribution >= 0.6 is 0 Å². The number of carbonyl (C=O) groups is 2. The maximum absolute atomic E-state index is 12.7. The lowest BCUT2D eigenvalue weighted by molar-refractivity contribution is -0.121. The molecule has 3 aromatic rings. The van der Waals surface area contributed by atoms with E-state index in [4.69, 9.17) is 0 Å². The van der Waals surface area contributed by atoms with Crippen molar-refractivity contribution in [1.82, 2.24) is 20.1 Å². The average molecular weight is 398 g/mol. The molecule has 1 aromatic heterocycles. The predicted octanol–water partition coefficient (Wildman–Crippen LogP) is 1.32. The maximum Gasteiger partial charge on any atom is 0.288 e. The fourth-order valence-electron chi connectivity index (χ4n) is 2.52. The molecule has 0 radical (unpaired) electrons. The van der Waals surface area contributed by atoms with Gasteiger partial charge in [-0.05, 0) is 35.0 Å². The number of fused-ring (bicyclic) bond motifs is 1. The van der Waals surface area contributed by atoms with Gasteiger partial charge in [0.2, 0.25) is 10.0 Å². The second-order valence-corrected chi connectivity index (χ2v) is 8.03. The Morgan fingerprint density at radius 1 is 0.964 bits per heavy atom. The summed E-state index contributed by atoms with van der Waals surface area (Å²) < 4.78 is 26.4. The lowest BCUT2D eigenvalue weighted by Gasteiger charge is -2.17. The SMILES string of the molecule is CN(CC(=O)NNC(=O)c1ccccn1)S(=O)(=O)c1ccc2ccccc2c1. The summed E-state index contributed by atoms with van der Waals surface area (Å²) >= 11 is 0. The van der Waals surface area contributed by atoms with Gasteiger partial charge in [0.05, 0.1) is 11.4 Å². The van der Waals surface area contributed by atoms with Crippen LogP contribution in [0.5, 0.6) is 0 Å². The second kappa shape index (κ2) is 8.15. The largest absolute Gasteiger partial charge is 0.288 e. The molecular formula is C19H18N4O4S. The molecular weight excluding hydrogens is 380 g/mol. The highest BCUT2D eigenvalue weighted by Crippen LogP contribution is 2.21. The van der Waals surface area contributed by atoms with Crippen LogP contribution in [0.25, 0.3) is 10.8 Å². The normalized spacial score (nSPS) is 11.4. The van der Waals surface area contributed by atoms with Crippen molar-refractivity contribution >= 4 is 32.6 Å². The zero-order valence-electron chi connectivity index (χ0n) is 15.0. The van der Waals surface area contributed by atoms with Crippen LogP contribution in [-0.2, 0) is 14.8 Å². The first-order valence-corrected chi connectivity index (χ1v) is 9.77. The van der Waals surface area contributed by atoms with Crippen molar-refractivity contribution in [2.45, 2.75) is 4.90 Å². The third-order valence-corrected chi connectivity index (χ3v) is 5.81. The molecule has 1 heterocycles. The Labute approximate surface area is 162 Å². The Morgan fingerprint density at radius 2 is 1.68 bits per heavy atom. The van der Waals surface area contributed by atoms with E-state index < -0.39 is 28.4 Å². The molecule has 0 saturated carbocycles. The third-order valence-electron chi connectivity index (χ3n) is 4.01. The number of benzene rings is 2. The highest BCUT2D eigenvalue weighted by atomic mass is 32.2. The van der Waals surface area contributed by atoms with Crippen LogP contribution < -0.4 is 10.9 Å². The van der Waals surface area contributed by atoms with E-state index in [1.807, 2.05) is 24.3 Å². The number of likely N-dealkylation sites (N-methyl/N-ethyl adjacent to an activating group) is 1. The Hall–Kier alpha value is -3.30. The quantitative estimate of drug-likeness (QED) is 0.630. The molecule has 0 fully saturated rings. The minimum absolute atomic E-state index is 0.0824. The molecule has 8 nitrogen and oxygen atoms in total. The molecule has 0 unspecified atom stereocenters. The number of carbonyl (C=O) groups excluding carboxylic acids is 2. The number of hydrogen-bond donors (Lipinski definition) is 2. The summed E-state index contributed by atoms with van der Waals surface area (Å²) in [7, 11) is -2.57. The zero-order chi connectivity index (χ0) is 20.1. The molecule has 0 aliphatic heterocycles. The van der Waals surface area contributed by atoms with E-state index in [0.717, 1.165) is 15.1 Å². The Kier molecular flexibility index (Phi) is 5.67. The van der Waals surface area contributed by atoms with Crippen molar-refractivity contribution < 1.29 is 18.0 Å². The number of nitrogens with zero attached hydrogens (tertiary/aromatic N) is 2. The molecule has 2 N–H and O–H groups in total. The van der Waals surface area contributed by atoms with E-state index >= 15 is 0 Å². The van der Waals surface area contributed by atoms with Crippen LogP contribution in [0.3, 0.4) is 0 Å². The number of hydrogen-bond acceptors (Lipinski definition) is 5. The van der Waals surface area contributed by atoms with Gasteiger partial charge in [-0.15, -0.1) is 0 Å². The van der Waals surface area contributed by atoms with Crippen LogP contribution in [0.4, 0.5) is 0 Å². The zero-order valence-corrected chi connectivity index (χ0v) is 15.8. The predicted molar refractivity (Wildman–Crippen MR) is 104 cm³/mol. The molecule has 0 aliphatic carbocycles. The van der Waals surface area contributed by atoms with Gasteiger partial charge in [-0.1, -0.05) is 36.4 Å². The van der Waals surface area contributed by atoms with E-state index in [1.54, 1.807) is 24.3 Å². The molecule has 0 aliphatic rings. The number of amides is 2. The molecule has 0 spiro atoms. The second-order valence-electron chi connectivity index (χ2n) is 5.99. The van der Waals surface area contributed by atoms with Gasteiger partial charge in [0, 0.05) is 13.2 Å². The van der Waals surface area contributed by atoms with Crippen LogP contribution in [0.1, 0.15) is 10.5 Å². The van der Waals surface area contributed by atoms with Crippen LogP contribution in [0.2, 0.25) is 0 Å². The van der Waals surface area contributed by atoms with Crippen molar-refractivity contribution in [2.75, 3.05) is 13.6 Å². The molecule has 0 saturated heterocycles. The van der Waals surface area contributed by atoms with Crippen molar-refractivity contribution in [3.8, 4) is 0 Å². The van der Waals surface area contributed by atoms with Crippen LogP contribution in [0, 0.1) is 0 Å². The topological polar surface area (TPSA) is 108 Å². The first kappa shape index (κ1) is 19.5. The van der Waals surface area contributed by atoms with Gasteiger partial charge in [0.1, 0.15) is 5.69 Å². The molecule has 9 heteroatoms. The van der Waals surface area contributed by atoms with Gasteiger partial charge in [-0.3, -0.25) is 25.4 Å². The third kappa shape index (κ3) is 4.33. The van der Waals surface area contributed by atoms with Crippen molar-refractivity contribution in [3.05, 3.63) is 72.6 Å². The summed E-state index contributed by atoms with van der Waals surface area (Å²) in [5.41, 5.74) is 4.50. The van der Waals surface area contributed by atoms with Crippen molar-refractivity contribution in [2.24, 2.45) is 0 Å². The fourth-order valence-corrected chi connectivity index (χ4v) is 3.69. The molecule has 0 bridgehead atoms. The average Bonchev–Trinajstić information content (AvgIpc) is 2.72. The first-order valence-electron chi connectivity index (χ1n) is 8.33. The number of hydrazine groups is 1. The molecule has 144 valence electrons. The smallest absolute Gasteiger partial charge is 0.272 e. The molecule has 3 rings (SSSR count). The highest BCUT2D eigenvalue weighted by Gasteiger charge is 2.23. The highest BCUT2D eigenvalue weighted by molar-refractivity contribution is 7.89. The summed E-state index contributed by atoms with van der Waals surface area (Å²) in [6, 6.07) is 16.9. The monoisotopic (exact) mass is 398 g/mol. The van der Waals surface area contributed by atoms with E-state index in [-0.39, 0.29) is 10.6 Å². The maximum atomic E-state index is 12.7. The Balaban J connectivity index is 1.64. The number of nitrogens with one attached hydrogen (secondary N) is 2. The van der Waals surface area contributed by atoms with E-state index in [2.05, 4.69) is 15.8 Å². The summed E-state index contributed by atoms with van der Waals surface area (Å²) in [6.07, 6.45) is 1.45. The van der Waals surface area contributed by atoms with Crippen molar-refractivity contribution in [3.63, 3.8) is 0 Å². The number of pyridine rings is 1. The Bertz CT molecular complexity index is 1120. The number of sulfonamides is 1.